The lowest BCUT2D eigenvalue weighted by atomic mass is 9.97. The average molecular weight is 438 g/mol. The molecule has 10 nitrogen and oxygen atoms in total. The van der Waals surface area contributed by atoms with Crippen LogP contribution in [-0.4, -0.2) is 37.9 Å². The number of aromatic nitrogens is 4. The van der Waals surface area contributed by atoms with Crippen molar-refractivity contribution < 1.29 is 14.3 Å². The first-order valence-corrected chi connectivity index (χ1v) is 10.4. The van der Waals surface area contributed by atoms with Gasteiger partial charge in [0.2, 0.25) is 5.91 Å². The maximum absolute atomic E-state index is 13.1. The van der Waals surface area contributed by atoms with Gasteiger partial charge in [-0.1, -0.05) is 20.8 Å². The number of hydrogen-bond donors (Lipinski definition) is 2. The van der Waals surface area contributed by atoms with E-state index in [2.05, 4.69) is 41.4 Å². The standard InChI is InChI=1S/C22H26N6O4/c1-22(2,3)11-27-7-8-28-12-24-18(17(28)20(27)30)25-15-9-16(26-19(29)13-5-6-13)23-10-14(15)21(31)32-4/h7-10,12-13H,5-6,11H2,1-4H3,(H2,23,25,26,29). The number of carbonyl (C=O) groups excluding carboxylic acids is 2. The number of carbonyl (C=O) groups is 2. The molecule has 4 rings (SSSR count). The number of ether oxygens (including phenoxy) is 1. The van der Waals surface area contributed by atoms with E-state index in [0.717, 1.165) is 12.8 Å². The van der Waals surface area contributed by atoms with Gasteiger partial charge in [-0.15, -0.1) is 0 Å². The summed E-state index contributed by atoms with van der Waals surface area (Å²) in [4.78, 5) is 46.0. The number of methoxy groups -OCH3 is 1. The fourth-order valence-corrected chi connectivity index (χ4v) is 3.37. The van der Waals surface area contributed by atoms with Gasteiger partial charge in [0.15, 0.2) is 11.3 Å². The molecule has 0 aromatic carbocycles. The number of nitrogens with zero attached hydrogens (tertiary/aromatic N) is 4. The van der Waals surface area contributed by atoms with Gasteiger partial charge in [0, 0.05) is 37.1 Å². The van der Waals surface area contributed by atoms with Crippen molar-refractivity contribution in [2.75, 3.05) is 17.7 Å². The Morgan fingerprint density at radius 1 is 1.22 bits per heavy atom. The minimum atomic E-state index is -0.603. The Hall–Kier alpha value is -3.69. The minimum Gasteiger partial charge on any atom is -0.465 e. The fourth-order valence-electron chi connectivity index (χ4n) is 3.37. The maximum atomic E-state index is 13.1. The zero-order valence-electron chi connectivity index (χ0n) is 18.5. The Kier molecular flexibility index (Phi) is 5.45. The topological polar surface area (TPSA) is 120 Å². The summed E-state index contributed by atoms with van der Waals surface area (Å²) in [5, 5.41) is 5.82. The number of hydrogen-bond acceptors (Lipinski definition) is 7. The zero-order chi connectivity index (χ0) is 23.0. The van der Waals surface area contributed by atoms with Gasteiger partial charge in [0.25, 0.3) is 5.56 Å². The second-order valence-electron chi connectivity index (χ2n) is 9.14. The monoisotopic (exact) mass is 438 g/mol. The summed E-state index contributed by atoms with van der Waals surface area (Å²) in [6.07, 6.45) is 8.05. The SMILES string of the molecule is COC(=O)c1cnc(NC(=O)C2CC2)cc1Nc1ncn2ccn(CC(C)(C)C)c(=O)c12. The van der Waals surface area contributed by atoms with Gasteiger partial charge in [0.05, 0.1) is 12.8 Å². The first-order chi connectivity index (χ1) is 15.2. The highest BCUT2D eigenvalue weighted by atomic mass is 16.5. The fraction of sp³-hybridized carbons (Fsp3) is 0.409. The lowest BCUT2D eigenvalue weighted by Gasteiger charge is -2.19. The summed E-state index contributed by atoms with van der Waals surface area (Å²) in [7, 11) is 1.27. The zero-order valence-corrected chi connectivity index (χ0v) is 18.5. The molecule has 1 amide bonds. The molecule has 0 saturated heterocycles. The molecule has 32 heavy (non-hydrogen) atoms. The molecule has 0 spiro atoms. The molecule has 3 aromatic rings. The van der Waals surface area contributed by atoms with Crippen LogP contribution in [0.5, 0.6) is 0 Å². The highest BCUT2D eigenvalue weighted by molar-refractivity contribution is 5.99. The molecule has 0 bridgehead atoms. The maximum Gasteiger partial charge on any atom is 0.341 e. The molecule has 0 unspecified atom stereocenters. The third kappa shape index (κ3) is 4.48. The van der Waals surface area contributed by atoms with E-state index >= 15 is 0 Å². The number of amides is 1. The van der Waals surface area contributed by atoms with Crippen LogP contribution < -0.4 is 16.2 Å². The number of anilines is 3. The summed E-state index contributed by atoms with van der Waals surface area (Å²) >= 11 is 0. The second kappa shape index (κ2) is 8.10. The molecule has 3 heterocycles. The molecule has 1 aliphatic rings. The average Bonchev–Trinajstić information content (AvgIpc) is 3.51. The summed E-state index contributed by atoms with van der Waals surface area (Å²) < 4.78 is 8.11. The van der Waals surface area contributed by atoms with Crippen LogP contribution in [-0.2, 0) is 16.1 Å². The van der Waals surface area contributed by atoms with Crippen molar-refractivity contribution in [2.24, 2.45) is 11.3 Å². The van der Waals surface area contributed by atoms with E-state index in [9.17, 15) is 14.4 Å². The van der Waals surface area contributed by atoms with Gasteiger partial charge < -0.3 is 19.9 Å². The molecule has 3 aromatic heterocycles. The van der Waals surface area contributed by atoms with Crippen molar-refractivity contribution in [1.29, 1.82) is 0 Å². The van der Waals surface area contributed by atoms with Crippen molar-refractivity contribution in [3.63, 3.8) is 0 Å². The molecule has 10 heteroatoms. The summed E-state index contributed by atoms with van der Waals surface area (Å²) in [6, 6.07) is 1.54. The van der Waals surface area contributed by atoms with Crippen LogP contribution in [0.15, 0.2) is 35.8 Å². The molecular weight excluding hydrogens is 412 g/mol. The van der Waals surface area contributed by atoms with Crippen molar-refractivity contribution >= 4 is 34.7 Å². The van der Waals surface area contributed by atoms with Gasteiger partial charge in [-0.05, 0) is 18.3 Å². The summed E-state index contributed by atoms with van der Waals surface area (Å²) in [5.41, 5.74) is 0.521. The van der Waals surface area contributed by atoms with E-state index in [-0.39, 0.29) is 34.2 Å². The Morgan fingerprint density at radius 2 is 1.97 bits per heavy atom. The van der Waals surface area contributed by atoms with E-state index in [1.807, 2.05) is 0 Å². The van der Waals surface area contributed by atoms with E-state index in [1.165, 1.54) is 25.7 Å². The smallest absolute Gasteiger partial charge is 0.341 e. The van der Waals surface area contributed by atoms with Gasteiger partial charge >= 0.3 is 5.97 Å². The number of rotatable bonds is 6. The van der Waals surface area contributed by atoms with E-state index in [4.69, 9.17) is 4.74 Å². The third-order valence-corrected chi connectivity index (χ3v) is 5.07. The first kappa shape index (κ1) is 21.5. The Morgan fingerprint density at radius 3 is 2.62 bits per heavy atom. The largest absolute Gasteiger partial charge is 0.465 e. The third-order valence-electron chi connectivity index (χ3n) is 5.07. The number of esters is 1. The molecule has 168 valence electrons. The molecule has 0 radical (unpaired) electrons. The van der Waals surface area contributed by atoms with E-state index < -0.39 is 5.97 Å². The Bertz CT molecular complexity index is 1250. The normalized spacial score (nSPS) is 13.8. The van der Waals surface area contributed by atoms with Crippen molar-refractivity contribution in [3.8, 4) is 0 Å². The highest BCUT2D eigenvalue weighted by Gasteiger charge is 2.30. The number of fused-ring (bicyclic) bond motifs is 1. The quantitative estimate of drug-likeness (QED) is 0.568. The van der Waals surface area contributed by atoms with Crippen LogP contribution in [0, 0.1) is 11.3 Å². The van der Waals surface area contributed by atoms with Crippen LogP contribution in [0.2, 0.25) is 0 Å². The first-order valence-electron chi connectivity index (χ1n) is 10.4. The molecule has 1 saturated carbocycles. The lowest BCUT2D eigenvalue weighted by molar-refractivity contribution is -0.117. The van der Waals surface area contributed by atoms with E-state index in [0.29, 0.717) is 23.6 Å². The number of pyridine rings is 1. The molecule has 1 fully saturated rings. The number of imidazole rings is 1. The lowest BCUT2D eigenvalue weighted by Crippen LogP contribution is -2.27. The second-order valence-corrected chi connectivity index (χ2v) is 9.14. The van der Waals surface area contributed by atoms with Crippen LogP contribution in [0.25, 0.3) is 5.52 Å². The minimum absolute atomic E-state index is 0.00635. The predicted octanol–water partition coefficient (Wildman–Crippen LogP) is 2.82. The van der Waals surface area contributed by atoms with E-state index in [1.54, 1.807) is 21.4 Å². The highest BCUT2D eigenvalue weighted by Crippen LogP contribution is 2.31. The van der Waals surface area contributed by atoms with Crippen molar-refractivity contribution in [3.05, 3.63) is 46.9 Å². The van der Waals surface area contributed by atoms with Crippen LogP contribution in [0.4, 0.5) is 17.3 Å². The van der Waals surface area contributed by atoms with Crippen LogP contribution in [0.3, 0.4) is 0 Å². The van der Waals surface area contributed by atoms with Gasteiger partial charge in [-0.3, -0.25) is 14.0 Å². The summed E-state index contributed by atoms with van der Waals surface area (Å²) in [5.74, 6) is -0.118. The van der Waals surface area contributed by atoms with Crippen molar-refractivity contribution in [1.82, 2.24) is 18.9 Å². The van der Waals surface area contributed by atoms with Crippen molar-refractivity contribution in [2.45, 2.75) is 40.2 Å². The van der Waals surface area contributed by atoms with Gasteiger partial charge in [-0.25, -0.2) is 14.8 Å². The van der Waals surface area contributed by atoms with Crippen LogP contribution >= 0.6 is 0 Å². The number of nitrogens with one attached hydrogen (secondary N) is 2. The van der Waals surface area contributed by atoms with Gasteiger partial charge in [-0.2, -0.15) is 0 Å². The Labute approximate surface area is 184 Å². The molecule has 1 aliphatic carbocycles. The molecule has 2 N–H and O–H groups in total. The molecule has 0 aliphatic heterocycles. The Balaban J connectivity index is 1.73. The molecular formula is C22H26N6O4. The van der Waals surface area contributed by atoms with Crippen LogP contribution in [0.1, 0.15) is 44.0 Å². The summed E-state index contributed by atoms with van der Waals surface area (Å²) in [6.45, 7) is 6.69. The van der Waals surface area contributed by atoms with Gasteiger partial charge in [0.1, 0.15) is 17.7 Å². The molecule has 0 atom stereocenters. The predicted molar refractivity (Wildman–Crippen MR) is 119 cm³/mol.